The number of carbonyl (C=O) groups is 1. The first-order chi connectivity index (χ1) is 12.1. The van der Waals surface area contributed by atoms with Gasteiger partial charge in [-0.2, -0.15) is 5.10 Å². The van der Waals surface area contributed by atoms with Gasteiger partial charge in [-0.1, -0.05) is 68.4 Å². The molecule has 0 saturated carbocycles. The highest BCUT2D eigenvalue weighted by Crippen LogP contribution is 2.25. The van der Waals surface area contributed by atoms with Gasteiger partial charge in [0.15, 0.2) is 5.17 Å². The number of hydrogen-bond donors (Lipinski definition) is 1. The Balaban J connectivity index is 1.66. The van der Waals surface area contributed by atoms with Gasteiger partial charge in [0.1, 0.15) is 0 Å². The maximum Gasteiger partial charge on any atom is 0.264 e. The van der Waals surface area contributed by atoms with Gasteiger partial charge in [0, 0.05) is 0 Å². The van der Waals surface area contributed by atoms with Gasteiger partial charge in [0.05, 0.1) is 11.1 Å². The van der Waals surface area contributed by atoms with E-state index in [-0.39, 0.29) is 5.91 Å². The van der Waals surface area contributed by atoms with Crippen molar-refractivity contribution in [2.24, 2.45) is 10.2 Å². The van der Waals surface area contributed by atoms with Crippen molar-refractivity contribution < 1.29 is 4.79 Å². The Bertz CT molecular complexity index is 837. The summed E-state index contributed by atoms with van der Waals surface area (Å²) in [5, 5.41) is 11.4. The number of hydrogen-bond acceptors (Lipinski definition) is 4. The van der Waals surface area contributed by atoms with Gasteiger partial charge >= 0.3 is 0 Å². The van der Waals surface area contributed by atoms with E-state index in [2.05, 4.69) is 41.5 Å². The standard InChI is InChI=1S/C20H19N3OS/c1-14(2)17-10-8-16(9-11-17)13-21-23-20-22-19(24)18(25-20)12-15-6-4-3-5-7-15/h3-14H,1-2H3,(H,22,23,24). The van der Waals surface area contributed by atoms with Crippen LogP contribution in [0.2, 0.25) is 0 Å². The monoisotopic (exact) mass is 349 g/mol. The Morgan fingerprint density at radius 2 is 1.72 bits per heavy atom. The lowest BCUT2D eigenvalue weighted by Gasteiger charge is -2.03. The molecule has 1 saturated heterocycles. The number of thioether (sulfide) groups is 1. The lowest BCUT2D eigenvalue weighted by Crippen LogP contribution is -2.19. The first-order valence-corrected chi connectivity index (χ1v) is 8.90. The van der Waals surface area contributed by atoms with E-state index in [1.54, 1.807) is 6.21 Å². The molecule has 2 aromatic carbocycles. The first-order valence-electron chi connectivity index (χ1n) is 8.09. The highest BCUT2D eigenvalue weighted by atomic mass is 32.2. The highest BCUT2D eigenvalue weighted by Gasteiger charge is 2.23. The van der Waals surface area contributed by atoms with Crippen LogP contribution in [-0.4, -0.2) is 17.3 Å². The minimum absolute atomic E-state index is 0.149. The van der Waals surface area contributed by atoms with Crippen molar-refractivity contribution in [1.82, 2.24) is 5.32 Å². The lowest BCUT2D eigenvalue weighted by molar-refractivity contribution is -0.115. The maximum atomic E-state index is 12.0. The zero-order valence-corrected chi connectivity index (χ0v) is 15.0. The van der Waals surface area contributed by atoms with E-state index in [4.69, 9.17) is 0 Å². The molecule has 1 N–H and O–H groups in total. The molecule has 25 heavy (non-hydrogen) atoms. The molecule has 5 heteroatoms. The summed E-state index contributed by atoms with van der Waals surface area (Å²) in [5.74, 6) is 0.357. The number of carbonyl (C=O) groups excluding carboxylic acids is 1. The summed E-state index contributed by atoms with van der Waals surface area (Å²) in [6, 6.07) is 17.9. The van der Waals surface area contributed by atoms with Crippen molar-refractivity contribution in [1.29, 1.82) is 0 Å². The molecule has 126 valence electrons. The molecule has 3 rings (SSSR count). The molecule has 1 fully saturated rings. The molecule has 2 aromatic rings. The van der Waals surface area contributed by atoms with Gasteiger partial charge in [0.2, 0.25) is 0 Å². The van der Waals surface area contributed by atoms with Crippen LogP contribution in [0, 0.1) is 0 Å². The molecule has 0 atom stereocenters. The summed E-state index contributed by atoms with van der Waals surface area (Å²) in [7, 11) is 0. The van der Waals surface area contributed by atoms with Crippen LogP contribution in [0.25, 0.3) is 6.08 Å². The molecule has 0 bridgehead atoms. The van der Waals surface area contributed by atoms with Crippen LogP contribution < -0.4 is 5.32 Å². The van der Waals surface area contributed by atoms with Gasteiger partial charge in [0.25, 0.3) is 5.91 Å². The summed E-state index contributed by atoms with van der Waals surface area (Å²) in [6.45, 7) is 4.32. The summed E-state index contributed by atoms with van der Waals surface area (Å²) in [5.41, 5.74) is 3.25. The van der Waals surface area contributed by atoms with Crippen LogP contribution in [-0.2, 0) is 4.79 Å². The molecule has 1 heterocycles. The average molecular weight is 349 g/mol. The third kappa shape index (κ3) is 4.67. The number of benzene rings is 2. The third-order valence-electron chi connectivity index (χ3n) is 3.71. The van der Waals surface area contributed by atoms with E-state index in [1.165, 1.54) is 17.3 Å². The molecule has 1 aliphatic rings. The Morgan fingerprint density at radius 3 is 2.40 bits per heavy atom. The normalized spacial score (nSPS) is 17.8. The molecule has 0 unspecified atom stereocenters. The Morgan fingerprint density at radius 1 is 1.00 bits per heavy atom. The van der Waals surface area contributed by atoms with E-state index in [9.17, 15) is 4.79 Å². The summed E-state index contributed by atoms with van der Waals surface area (Å²) >= 11 is 1.29. The van der Waals surface area contributed by atoms with E-state index >= 15 is 0 Å². The number of nitrogens with one attached hydrogen (secondary N) is 1. The van der Waals surface area contributed by atoms with Gasteiger partial charge in [-0.25, -0.2) is 0 Å². The molecular weight excluding hydrogens is 330 g/mol. The van der Waals surface area contributed by atoms with Crippen molar-refractivity contribution in [3.8, 4) is 0 Å². The van der Waals surface area contributed by atoms with Crippen molar-refractivity contribution >= 4 is 35.1 Å². The largest absolute Gasteiger partial charge is 0.299 e. The lowest BCUT2D eigenvalue weighted by atomic mass is 10.0. The topological polar surface area (TPSA) is 53.8 Å². The molecule has 1 aliphatic heterocycles. The Kier molecular flexibility index (Phi) is 5.46. The first kappa shape index (κ1) is 17.2. The van der Waals surface area contributed by atoms with Crippen molar-refractivity contribution in [2.45, 2.75) is 19.8 Å². The van der Waals surface area contributed by atoms with Gasteiger partial charge in [-0.05, 0) is 40.4 Å². The van der Waals surface area contributed by atoms with Gasteiger partial charge < -0.3 is 0 Å². The number of rotatable bonds is 4. The van der Waals surface area contributed by atoms with E-state index < -0.39 is 0 Å². The predicted molar refractivity (Wildman–Crippen MR) is 106 cm³/mol. The maximum absolute atomic E-state index is 12.0. The van der Waals surface area contributed by atoms with E-state index in [0.29, 0.717) is 16.0 Å². The molecule has 0 aliphatic carbocycles. The molecule has 0 aromatic heterocycles. The van der Waals surface area contributed by atoms with E-state index in [1.807, 2.05) is 48.5 Å². The highest BCUT2D eigenvalue weighted by molar-refractivity contribution is 8.18. The van der Waals surface area contributed by atoms with Crippen molar-refractivity contribution in [3.05, 3.63) is 76.2 Å². The second-order valence-electron chi connectivity index (χ2n) is 5.95. The molecule has 1 amide bonds. The fourth-order valence-corrected chi connectivity index (χ4v) is 3.07. The molecule has 0 radical (unpaired) electrons. The van der Waals surface area contributed by atoms with Gasteiger partial charge in [-0.3, -0.25) is 10.1 Å². The minimum atomic E-state index is -0.149. The Hall–Kier alpha value is -2.66. The second kappa shape index (κ2) is 7.94. The SMILES string of the molecule is CC(C)c1ccc(C=N/N=C2\NC(=O)C(=Cc3ccccc3)S2)cc1. The van der Waals surface area contributed by atoms with Crippen LogP contribution in [0.3, 0.4) is 0 Å². The number of nitrogens with zero attached hydrogens (tertiary/aromatic N) is 2. The third-order valence-corrected chi connectivity index (χ3v) is 4.61. The zero-order valence-electron chi connectivity index (χ0n) is 14.1. The number of amides is 1. The molecule has 0 spiro atoms. The molecular formula is C20H19N3OS. The quantitative estimate of drug-likeness (QED) is 0.505. The van der Waals surface area contributed by atoms with Crippen LogP contribution in [0.4, 0.5) is 0 Å². The average Bonchev–Trinajstić information content (AvgIpc) is 2.96. The van der Waals surface area contributed by atoms with Crippen LogP contribution in [0.5, 0.6) is 0 Å². The van der Waals surface area contributed by atoms with Crippen molar-refractivity contribution in [2.75, 3.05) is 0 Å². The van der Waals surface area contributed by atoms with Crippen LogP contribution in [0.15, 0.2) is 69.7 Å². The molecule has 4 nitrogen and oxygen atoms in total. The summed E-state index contributed by atoms with van der Waals surface area (Å²) in [4.78, 5) is 12.6. The minimum Gasteiger partial charge on any atom is -0.299 e. The second-order valence-corrected chi connectivity index (χ2v) is 6.98. The Labute approximate surface area is 151 Å². The predicted octanol–water partition coefficient (Wildman–Crippen LogP) is 4.40. The summed E-state index contributed by atoms with van der Waals surface area (Å²) in [6.07, 6.45) is 3.53. The van der Waals surface area contributed by atoms with E-state index in [0.717, 1.165) is 11.1 Å². The summed E-state index contributed by atoms with van der Waals surface area (Å²) < 4.78 is 0. The van der Waals surface area contributed by atoms with Gasteiger partial charge in [-0.15, -0.1) is 5.10 Å². The fourth-order valence-electron chi connectivity index (χ4n) is 2.29. The van der Waals surface area contributed by atoms with Crippen LogP contribution >= 0.6 is 11.8 Å². The number of amidine groups is 1. The zero-order chi connectivity index (χ0) is 17.6. The van der Waals surface area contributed by atoms with Crippen molar-refractivity contribution in [3.63, 3.8) is 0 Å². The van der Waals surface area contributed by atoms with Crippen LogP contribution in [0.1, 0.15) is 36.5 Å². The smallest absolute Gasteiger partial charge is 0.264 e. The fraction of sp³-hybridized carbons (Fsp3) is 0.150.